The van der Waals surface area contributed by atoms with Crippen molar-refractivity contribution in [2.24, 2.45) is 0 Å². The third-order valence-electron chi connectivity index (χ3n) is 4.31. The van der Waals surface area contributed by atoms with Crippen LogP contribution in [0.25, 0.3) is 22.6 Å². The molecule has 2 aliphatic heterocycles. The van der Waals surface area contributed by atoms with Gasteiger partial charge in [0.15, 0.2) is 28.8 Å². The number of ether oxygens (including phenoxy) is 4. The largest absolute Gasteiger partial charge is 0.454 e. The van der Waals surface area contributed by atoms with Gasteiger partial charge in [0.25, 0.3) is 0 Å². The van der Waals surface area contributed by atoms with Gasteiger partial charge >= 0.3 is 0 Å². The van der Waals surface area contributed by atoms with Crippen LogP contribution < -0.4 is 18.9 Å². The van der Waals surface area contributed by atoms with Crippen molar-refractivity contribution in [3.05, 3.63) is 42.3 Å². The molecule has 7 nitrogen and oxygen atoms in total. The lowest BCUT2D eigenvalue weighted by Crippen LogP contribution is -1.93. The Kier molecular flexibility index (Phi) is 3.71. The fourth-order valence-electron chi connectivity index (χ4n) is 2.99. The monoisotopic (exact) mass is 383 g/mol. The molecule has 0 amide bonds. The van der Waals surface area contributed by atoms with Crippen molar-refractivity contribution in [1.29, 1.82) is 0 Å². The molecule has 0 bridgehead atoms. The van der Waals surface area contributed by atoms with Crippen LogP contribution in [0, 0.1) is 0 Å². The number of nitrogens with zero attached hydrogens (tertiary/aromatic N) is 1. The number of oxazole rings is 1. The van der Waals surface area contributed by atoms with Gasteiger partial charge in [0.05, 0.1) is 0 Å². The minimum atomic E-state index is -0.763. The van der Waals surface area contributed by atoms with Crippen molar-refractivity contribution < 1.29 is 28.2 Å². The zero-order valence-corrected chi connectivity index (χ0v) is 14.8. The van der Waals surface area contributed by atoms with Gasteiger partial charge in [0.2, 0.25) is 19.5 Å². The number of rotatable bonds is 4. The van der Waals surface area contributed by atoms with Gasteiger partial charge in [-0.3, -0.25) is 0 Å². The average Bonchev–Trinajstić information content (AvgIpc) is 3.44. The van der Waals surface area contributed by atoms with E-state index in [1.807, 2.05) is 30.3 Å². The molecule has 2 aromatic carbocycles. The molecular weight excluding hydrogens is 370 g/mol. The van der Waals surface area contributed by atoms with Gasteiger partial charge in [-0.15, -0.1) is 0 Å². The molecule has 3 aromatic rings. The summed E-state index contributed by atoms with van der Waals surface area (Å²) in [6.07, 6.45) is 0.668. The van der Waals surface area contributed by atoms with Gasteiger partial charge in [-0.25, -0.2) is 4.98 Å². The fourth-order valence-corrected chi connectivity index (χ4v) is 3.10. The summed E-state index contributed by atoms with van der Waals surface area (Å²) in [6.45, 7) is 0.362. The van der Waals surface area contributed by atoms with Crippen molar-refractivity contribution >= 4 is 18.9 Å². The number of fused-ring (bicyclic) bond motifs is 2. The van der Waals surface area contributed by atoms with E-state index in [0.717, 1.165) is 11.1 Å². The summed E-state index contributed by atoms with van der Waals surface area (Å²) >= 11 is 4.22. The van der Waals surface area contributed by atoms with E-state index < -0.39 is 5.25 Å². The predicted molar refractivity (Wildman–Crippen MR) is 97.4 cm³/mol. The van der Waals surface area contributed by atoms with E-state index in [1.165, 1.54) is 0 Å². The second kappa shape index (κ2) is 6.24. The van der Waals surface area contributed by atoms with E-state index in [9.17, 15) is 4.79 Å². The summed E-state index contributed by atoms with van der Waals surface area (Å²) < 4.78 is 27.5. The highest BCUT2D eigenvalue weighted by molar-refractivity contribution is 7.81. The fraction of sp³-hybridized carbons (Fsp3) is 0.158. The minimum Gasteiger partial charge on any atom is -0.454 e. The van der Waals surface area contributed by atoms with Gasteiger partial charge in [-0.1, -0.05) is 0 Å². The van der Waals surface area contributed by atoms with Crippen LogP contribution in [0.2, 0.25) is 0 Å². The second-order valence-electron chi connectivity index (χ2n) is 5.95. The summed E-state index contributed by atoms with van der Waals surface area (Å²) in [6, 6.07) is 11.0. The van der Waals surface area contributed by atoms with Gasteiger partial charge < -0.3 is 28.2 Å². The number of aromatic nitrogens is 1. The smallest absolute Gasteiger partial charge is 0.231 e. The molecule has 0 spiro atoms. The summed E-state index contributed by atoms with van der Waals surface area (Å²) in [5.74, 6) is 3.32. The maximum atomic E-state index is 11.2. The number of thiol groups is 1. The summed E-state index contributed by atoms with van der Waals surface area (Å²) in [5.41, 5.74) is 2.09. The van der Waals surface area contributed by atoms with Crippen LogP contribution >= 0.6 is 12.6 Å². The lowest BCUT2D eigenvalue weighted by molar-refractivity contribution is -0.107. The van der Waals surface area contributed by atoms with Crippen LogP contribution in [0.5, 0.6) is 23.0 Å². The minimum absolute atomic E-state index is 0.180. The molecule has 0 aliphatic carbocycles. The number of carbonyl (C=O) groups is 1. The first-order valence-corrected chi connectivity index (χ1v) is 8.69. The van der Waals surface area contributed by atoms with Crippen LogP contribution in [-0.4, -0.2) is 24.9 Å². The van der Waals surface area contributed by atoms with E-state index in [0.29, 0.717) is 40.7 Å². The molecule has 1 atom stereocenters. The SMILES string of the molecule is O=CC(S)c1nc(-c2ccc3c(c2)OCO3)c(-c2ccc3c(c2)OCO3)o1. The molecule has 5 rings (SSSR count). The Morgan fingerprint density at radius 2 is 1.48 bits per heavy atom. The topological polar surface area (TPSA) is 80.0 Å². The van der Waals surface area contributed by atoms with Gasteiger partial charge in [-0.2, -0.15) is 12.6 Å². The van der Waals surface area contributed by atoms with Gasteiger partial charge in [0, 0.05) is 11.1 Å². The quantitative estimate of drug-likeness (QED) is 0.544. The molecule has 0 fully saturated rings. The third-order valence-corrected chi connectivity index (χ3v) is 4.65. The molecule has 0 radical (unpaired) electrons. The number of aldehydes is 1. The molecular formula is C19H13NO6S. The summed E-state index contributed by atoms with van der Waals surface area (Å²) in [5, 5.41) is -0.763. The normalized spacial score (nSPS) is 15.0. The number of carbonyl (C=O) groups excluding carboxylic acids is 1. The molecule has 1 unspecified atom stereocenters. The van der Waals surface area contributed by atoms with E-state index in [1.54, 1.807) is 6.07 Å². The Bertz CT molecular complexity index is 972. The van der Waals surface area contributed by atoms with Gasteiger partial charge in [0.1, 0.15) is 17.2 Å². The Labute approximate surface area is 159 Å². The van der Waals surface area contributed by atoms with Crippen LogP contribution in [0.15, 0.2) is 40.8 Å². The van der Waals surface area contributed by atoms with Crippen molar-refractivity contribution in [2.45, 2.75) is 5.25 Å². The molecule has 0 saturated carbocycles. The second-order valence-corrected chi connectivity index (χ2v) is 6.50. The molecule has 8 heteroatoms. The first-order chi connectivity index (χ1) is 13.2. The molecule has 136 valence electrons. The highest BCUT2D eigenvalue weighted by Gasteiger charge is 2.24. The lowest BCUT2D eigenvalue weighted by Gasteiger charge is -2.04. The molecule has 27 heavy (non-hydrogen) atoms. The molecule has 1 aromatic heterocycles. The van der Waals surface area contributed by atoms with Gasteiger partial charge in [-0.05, 0) is 36.4 Å². The first-order valence-electron chi connectivity index (χ1n) is 8.17. The highest BCUT2D eigenvalue weighted by Crippen LogP contribution is 2.42. The van der Waals surface area contributed by atoms with E-state index >= 15 is 0 Å². The van der Waals surface area contributed by atoms with Crippen LogP contribution in [0.4, 0.5) is 0 Å². The summed E-state index contributed by atoms with van der Waals surface area (Å²) in [4.78, 5) is 15.7. The third kappa shape index (κ3) is 2.69. The standard InChI is InChI=1S/C19H13NO6S/c21-7-16(27)19-20-17(10-1-3-12-14(5-10)24-8-22-12)18(26-19)11-2-4-13-15(6-11)25-9-23-13/h1-7,16,27H,8-9H2. The van der Waals surface area contributed by atoms with Crippen LogP contribution in [0.3, 0.4) is 0 Å². The van der Waals surface area contributed by atoms with Crippen molar-refractivity contribution in [1.82, 2.24) is 4.98 Å². The molecule has 0 saturated heterocycles. The zero-order chi connectivity index (χ0) is 18.4. The van der Waals surface area contributed by atoms with E-state index in [-0.39, 0.29) is 19.5 Å². The maximum Gasteiger partial charge on any atom is 0.231 e. The summed E-state index contributed by atoms with van der Waals surface area (Å²) in [7, 11) is 0. The van der Waals surface area contributed by atoms with Crippen molar-refractivity contribution in [3.63, 3.8) is 0 Å². The van der Waals surface area contributed by atoms with Crippen molar-refractivity contribution in [2.75, 3.05) is 13.6 Å². The van der Waals surface area contributed by atoms with Crippen molar-refractivity contribution in [3.8, 4) is 45.6 Å². The maximum absolute atomic E-state index is 11.2. The number of hydrogen-bond donors (Lipinski definition) is 1. The predicted octanol–water partition coefficient (Wildman–Crippen LogP) is 3.64. The Balaban J connectivity index is 1.66. The lowest BCUT2D eigenvalue weighted by atomic mass is 10.0. The Morgan fingerprint density at radius 3 is 2.15 bits per heavy atom. The van der Waals surface area contributed by atoms with E-state index in [2.05, 4.69) is 17.6 Å². The van der Waals surface area contributed by atoms with Crippen LogP contribution in [-0.2, 0) is 4.79 Å². The molecule has 0 N–H and O–H groups in total. The number of hydrogen-bond acceptors (Lipinski definition) is 8. The van der Waals surface area contributed by atoms with E-state index in [4.69, 9.17) is 23.4 Å². The molecule has 2 aliphatic rings. The Hall–Kier alpha value is -3.13. The zero-order valence-electron chi connectivity index (χ0n) is 13.9. The molecule has 3 heterocycles. The average molecular weight is 383 g/mol. The van der Waals surface area contributed by atoms with Crippen LogP contribution in [0.1, 0.15) is 11.1 Å². The Morgan fingerprint density at radius 1 is 0.889 bits per heavy atom. The first kappa shape index (κ1) is 16.1. The highest BCUT2D eigenvalue weighted by atomic mass is 32.1. The number of benzene rings is 2.